The molecule has 0 saturated heterocycles. The van der Waals surface area contributed by atoms with Crippen molar-refractivity contribution in [2.45, 2.75) is 65.4 Å². The van der Waals surface area contributed by atoms with E-state index in [1.54, 1.807) is 6.08 Å². The van der Waals surface area contributed by atoms with Gasteiger partial charge in [-0.3, -0.25) is 0 Å². The molecule has 4 heteroatoms. The molecule has 1 unspecified atom stereocenters. The lowest BCUT2D eigenvalue weighted by atomic mass is 9.82. The highest BCUT2D eigenvalue weighted by Crippen LogP contribution is 2.42. The molecular formula is C20H29F2IO. The van der Waals surface area contributed by atoms with Crippen molar-refractivity contribution in [3.63, 3.8) is 0 Å². The average Bonchev–Trinajstić information content (AvgIpc) is 2.64. The molecule has 0 aliphatic heterocycles. The quantitative estimate of drug-likeness (QED) is 0.312. The van der Waals surface area contributed by atoms with Gasteiger partial charge in [-0.05, 0) is 55.1 Å². The van der Waals surface area contributed by atoms with Crippen LogP contribution in [0.25, 0.3) is 0 Å². The van der Waals surface area contributed by atoms with Crippen LogP contribution in [0.15, 0.2) is 35.6 Å². The van der Waals surface area contributed by atoms with Gasteiger partial charge in [0.1, 0.15) is 5.76 Å². The van der Waals surface area contributed by atoms with Crippen LogP contribution in [0, 0.1) is 17.3 Å². The van der Waals surface area contributed by atoms with Crippen molar-refractivity contribution in [3.8, 4) is 0 Å². The Bertz CT molecular complexity index is 516. The number of alkyl halides is 3. The van der Waals surface area contributed by atoms with Gasteiger partial charge in [0.25, 0.3) is 0 Å². The van der Waals surface area contributed by atoms with Crippen molar-refractivity contribution >= 4 is 22.6 Å². The van der Waals surface area contributed by atoms with E-state index in [1.807, 2.05) is 19.1 Å². The summed E-state index contributed by atoms with van der Waals surface area (Å²) < 4.78 is 35.6. The highest BCUT2D eigenvalue weighted by Gasteiger charge is 2.44. The lowest BCUT2D eigenvalue weighted by Gasteiger charge is -2.32. The molecule has 2 rings (SSSR count). The fourth-order valence-electron chi connectivity index (χ4n) is 3.69. The molecule has 0 bridgehead atoms. The fraction of sp³-hybridized carbons (Fsp3) is 0.700. The maximum absolute atomic E-state index is 14.6. The summed E-state index contributed by atoms with van der Waals surface area (Å²) >= 11 is 2.36. The maximum atomic E-state index is 14.6. The second-order valence-electron chi connectivity index (χ2n) is 7.69. The zero-order valence-corrected chi connectivity index (χ0v) is 17.1. The van der Waals surface area contributed by atoms with Crippen LogP contribution in [0.4, 0.5) is 8.78 Å². The molecule has 0 spiro atoms. The van der Waals surface area contributed by atoms with Crippen LogP contribution in [0.1, 0.15) is 59.3 Å². The standard InChI is InChI=1S/C20H29F2IO/c1-15-5-8-17(9-6-15)20(21,22)24-18-10-7-16(2)13-19(3,14-18)11-4-12-23/h7,10,13-15,17H,4-6,8-9,11-12H2,1-3H3. The Balaban J connectivity index is 2.12. The molecule has 0 aromatic carbocycles. The van der Waals surface area contributed by atoms with Crippen LogP contribution in [0.5, 0.6) is 0 Å². The monoisotopic (exact) mass is 450 g/mol. The Hall–Kier alpha value is -0.390. The summed E-state index contributed by atoms with van der Waals surface area (Å²) in [7, 11) is 0. The van der Waals surface area contributed by atoms with Crippen molar-refractivity contribution in [1.82, 2.24) is 0 Å². The van der Waals surface area contributed by atoms with E-state index in [2.05, 4.69) is 42.5 Å². The maximum Gasteiger partial charge on any atom is 0.400 e. The predicted octanol–water partition coefficient (Wildman–Crippen LogP) is 7.04. The molecule has 24 heavy (non-hydrogen) atoms. The average molecular weight is 450 g/mol. The molecule has 2 aliphatic rings. The first-order valence-corrected chi connectivity index (χ1v) is 10.5. The Labute approximate surface area is 158 Å². The van der Waals surface area contributed by atoms with Gasteiger partial charge in [0, 0.05) is 5.41 Å². The Morgan fingerprint density at radius 1 is 1.21 bits per heavy atom. The number of hydrogen-bond acceptors (Lipinski definition) is 1. The molecule has 0 amide bonds. The minimum Gasteiger partial charge on any atom is -0.433 e. The number of rotatable bonds is 6. The smallest absolute Gasteiger partial charge is 0.400 e. The minimum atomic E-state index is -3.08. The van der Waals surface area contributed by atoms with E-state index >= 15 is 0 Å². The topological polar surface area (TPSA) is 9.23 Å². The molecular weight excluding hydrogens is 421 g/mol. The van der Waals surface area contributed by atoms with Crippen molar-refractivity contribution in [2.24, 2.45) is 17.3 Å². The molecule has 1 nitrogen and oxygen atoms in total. The van der Waals surface area contributed by atoms with Gasteiger partial charge in [0.05, 0.1) is 5.92 Å². The van der Waals surface area contributed by atoms with E-state index in [4.69, 9.17) is 4.74 Å². The molecule has 0 N–H and O–H groups in total. The number of halogens is 3. The molecule has 0 radical (unpaired) electrons. The van der Waals surface area contributed by atoms with Gasteiger partial charge in [0.15, 0.2) is 0 Å². The van der Waals surface area contributed by atoms with Crippen LogP contribution in [-0.4, -0.2) is 10.5 Å². The summed E-state index contributed by atoms with van der Waals surface area (Å²) in [6, 6.07) is 0. The first kappa shape index (κ1) is 19.9. The number of allylic oxidation sites excluding steroid dienone is 5. The van der Waals surface area contributed by atoms with Gasteiger partial charge in [0.2, 0.25) is 0 Å². The molecule has 136 valence electrons. The van der Waals surface area contributed by atoms with Gasteiger partial charge in [-0.25, -0.2) is 0 Å². The van der Waals surface area contributed by atoms with E-state index < -0.39 is 12.0 Å². The largest absolute Gasteiger partial charge is 0.433 e. The first-order chi connectivity index (χ1) is 11.2. The molecule has 1 saturated carbocycles. The third-order valence-electron chi connectivity index (χ3n) is 5.13. The summed E-state index contributed by atoms with van der Waals surface area (Å²) in [5, 5.41) is 0. The van der Waals surface area contributed by atoms with Crippen LogP contribution in [0.3, 0.4) is 0 Å². The van der Waals surface area contributed by atoms with Gasteiger partial charge in [-0.1, -0.05) is 67.0 Å². The molecule has 1 fully saturated rings. The lowest BCUT2D eigenvalue weighted by Crippen LogP contribution is -2.34. The fourth-order valence-corrected chi connectivity index (χ4v) is 4.07. The third-order valence-corrected chi connectivity index (χ3v) is 5.90. The summed E-state index contributed by atoms with van der Waals surface area (Å²) in [6.45, 7) is 6.24. The summed E-state index contributed by atoms with van der Waals surface area (Å²) in [4.78, 5) is 0. The summed E-state index contributed by atoms with van der Waals surface area (Å²) in [5.74, 6) is 0.195. The molecule has 2 aliphatic carbocycles. The highest BCUT2D eigenvalue weighted by atomic mass is 127. The summed E-state index contributed by atoms with van der Waals surface area (Å²) in [6.07, 6.45) is 9.36. The van der Waals surface area contributed by atoms with E-state index in [1.165, 1.54) is 0 Å². The van der Waals surface area contributed by atoms with E-state index in [0.717, 1.165) is 35.7 Å². The minimum absolute atomic E-state index is 0.231. The normalized spacial score (nSPS) is 31.2. The Kier molecular flexibility index (Phi) is 6.91. The lowest BCUT2D eigenvalue weighted by molar-refractivity contribution is -0.254. The van der Waals surface area contributed by atoms with Crippen LogP contribution < -0.4 is 0 Å². The van der Waals surface area contributed by atoms with Crippen LogP contribution >= 0.6 is 22.6 Å². The third kappa shape index (κ3) is 5.57. The van der Waals surface area contributed by atoms with Crippen molar-refractivity contribution < 1.29 is 13.5 Å². The van der Waals surface area contributed by atoms with E-state index in [-0.39, 0.29) is 5.41 Å². The number of hydrogen-bond donors (Lipinski definition) is 0. The SMILES string of the molecule is CC1=CC(C)(CCCI)C=C(OC(F)(F)C2CCC(C)CC2)C=C1. The van der Waals surface area contributed by atoms with Crippen LogP contribution in [0.2, 0.25) is 0 Å². The van der Waals surface area contributed by atoms with Gasteiger partial charge < -0.3 is 4.74 Å². The van der Waals surface area contributed by atoms with Gasteiger partial charge in [-0.2, -0.15) is 8.78 Å². The van der Waals surface area contributed by atoms with Crippen LogP contribution in [-0.2, 0) is 4.74 Å². The van der Waals surface area contributed by atoms with Gasteiger partial charge >= 0.3 is 6.11 Å². The Morgan fingerprint density at radius 2 is 1.88 bits per heavy atom. The van der Waals surface area contributed by atoms with E-state index in [9.17, 15) is 8.78 Å². The Morgan fingerprint density at radius 3 is 2.50 bits per heavy atom. The second kappa shape index (κ2) is 8.33. The second-order valence-corrected chi connectivity index (χ2v) is 8.77. The molecule has 1 atom stereocenters. The van der Waals surface area contributed by atoms with Crippen molar-refractivity contribution in [2.75, 3.05) is 4.43 Å². The zero-order chi connectivity index (χ0) is 17.8. The van der Waals surface area contributed by atoms with Crippen molar-refractivity contribution in [1.29, 1.82) is 0 Å². The molecule has 0 aromatic heterocycles. The number of ether oxygens (including phenoxy) is 1. The van der Waals surface area contributed by atoms with Crippen molar-refractivity contribution in [3.05, 3.63) is 35.6 Å². The van der Waals surface area contributed by atoms with Gasteiger partial charge in [-0.15, -0.1) is 0 Å². The zero-order valence-electron chi connectivity index (χ0n) is 15.0. The van der Waals surface area contributed by atoms with E-state index in [0.29, 0.717) is 24.5 Å². The predicted molar refractivity (Wildman–Crippen MR) is 104 cm³/mol. The molecule has 0 aromatic rings. The highest BCUT2D eigenvalue weighted by molar-refractivity contribution is 14.1. The molecule has 0 heterocycles. The first-order valence-electron chi connectivity index (χ1n) is 8.97. The summed E-state index contributed by atoms with van der Waals surface area (Å²) in [5.41, 5.74) is 0.862.